The van der Waals surface area contributed by atoms with Crippen LogP contribution in [0.15, 0.2) is 84.9 Å². The number of nitrogen functional groups attached to an aromatic ring is 2. The molecule has 4 aromatic carbocycles. The smallest absolute Gasteiger partial charge is 0.274 e. The van der Waals surface area contributed by atoms with Crippen LogP contribution in [0, 0.1) is 43.4 Å². The summed E-state index contributed by atoms with van der Waals surface area (Å²) in [5.41, 5.74) is 17.8. The zero-order chi connectivity index (χ0) is 43.1. The first-order chi connectivity index (χ1) is 27.9. The van der Waals surface area contributed by atoms with Crippen LogP contribution in [0.5, 0.6) is 0 Å². The van der Waals surface area contributed by atoms with Crippen molar-refractivity contribution in [1.82, 2.24) is 9.97 Å². The fraction of sp³-hybridized carbons (Fsp3) is 0.298. The minimum absolute atomic E-state index is 0.210. The molecule has 1 aliphatic rings. The number of hydrogen-bond acceptors (Lipinski definition) is 10. The van der Waals surface area contributed by atoms with Crippen molar-refractivity contribution in [1.29, 1.82) is 10.5 Å². The Labute approximate surface area is 346 Å². The van der Waals surface area contributed by atoms with Crippen molar-refractivity contribution in [3.05, 3.63) is 135 Å². The van der Waals surface area contributed by atoms with Gasteiger partial charge >= 0.3 is 0 Å². The topological polar surface area (TPSA) is 204 Å². The van der Waals surface area contributed by atoms with Gasteiger partial charge in [0.1, 0.15) is 5.69 Å². The van der Waals surface area contributed by atoms with E-state index in [0.29, 0.717) is 45.4 Å². The van der Waals surface area contributed by atoms with E-state index in [-0.39, 0.29) is 28.6 Å². The molecule has 1 fully saturated rings. The molecule has 5 aromatic rings. The molecule has 1 aliphatic heterocycles. The summed E-state index contributed by atoms with van der Waals surface area (Å²) in [6, 6.07) is 29.0. The van der Waals surface area contributed by atoms with E-state index in [9.17, 15) is 24.9 Å². The van der Waals surface area contributed by atoms with E-state index in [2.05, 4.69) is 37.6 Å². The van der Waals surface area contributed by atoms with E-state index in [1.54, 1.807) is 74.5 Å². The van der Waals surface area contributed by atoms with E-state index in [4.69, 9.17) is 11.5 Å². The third-order valence-corrected chi connectivity index (χ3v) is 10.4. The average Bonchev–Trinajstić information content (AvgIpc) is 3.23. The molecular weight excluding hydrogens is 739 g/mol. The third kappa shape index (κ3) is 10.3. The summed E-state index contributed by atoms with van der Waals surface area (Å²) in [4.78, 5) is 50.6. The number of piperidine rings is 1. The summed E-state index contributed by atoms with van der Waals surface area (Å²) in [7, 11) is 0. The molecule has 1 saturated heterocycles. The Balaban J connectivity index is 0.000000256. The minimum Gasteiger partial charge on any atom is -0.398 e. The summed E-state index contributed by atoms with van der Waals surface area (Å²) < 4.78 is 0. The predicted molar refractivity (Wildman–Crippen MR) is 234 cm³/mol. The number of anilines is 5. The molecule has 59 heavy (non-hydrogen) atoms. The van der Waals surface area contributed by atoms with Crippen molar-refractivity contribution in [2.45, 2.75) is 78.6 Å². The normalized spacial score (nSPS) is 12.6. The lowest BCUT2D eigenvalue weighted by Gasteiger charge is -2.27. The summed E-state index contributed by atoms with van der Waals surface area (Å²) in [6.07, 6.45) is 3.32. The maximum atomic E-state index is 13.7. The zero-order valence-corrected chi connectivity index (χ0v) is 34.7. The molecule has 6 N–H and O–H groups in total. The number of rotatable bonds is 9. The summed E-state index contributed by atoms with van der Waals surface area (Å²) in [5.74, 6) is -0.452. The lowest BCUT2D eigenvalue weighted by molar-refractivity contribution is 0.101. The van der Waals surface area contributed by atoms with E-state index < -0.39 is 16.7 Å². The maximum Gasteiger partial charge on any atom is 0.274 e. The quantitative estimate of drug-likeness (QED) is 0.0827. The summed E-state index contributed by atoms with van der Waals surface area (Å²) in [5, 5.41) is 24.5. The largest absolute Gasteiger partial charge is 0.398 e. The number of amides is 2. The number of nitriles is 2. The molecule has 12 nitrogen and oxygen atoms in total. The Kier molecular flexibility index (Phi) is 13.2. The van der Waals surface area contributed by atoms with Crippen molar-refractivity contribution >= 4 is 46.3 Å². The molecule has 1 aromatic heterocycles. The monoisotopic (exact) mass is 789 g/mol. The fourth-order valence-electron chi connectivity index (χ4n) is 6.50. The highest BCUT2D eigenvalue weighted by atomic mass is 16.2. The molecule has 0 bridgehead atoms. The first-order valence-corrected chi connectivity index (χ1v) is 19.5. The van der Waals surface area contributed by atoms with Crippen LogP contribution in [-0.2, 0) is 10.8 Å². The zero-order valence-electron chi connectivity index (χ0n) is 34.7. The molecule has 0 spiro atoms. The van der Waals surface area contributed by atoms with Gasteiger partial charge < -0.3 is 27.0 Å². The highest BCUT2D eigenvalue weighted by Crippen LogP contribution is 2.32. The van der Waals surface area contributed by atoms with Crippen LogP contribution >= 0.6 is 0 Å². The average molecular weight is 790 g/mol. The van der Waals surface area contributed by atoms with Crippen molar-refractivity contribution in [2.75, 3.05) is 40.1 Å². The van der Waals surface area contributed by atoms with E-state index >= 15 is 0 Å². The third-order valence-electron chi connectivity index (χ3n) is 10.4. The number of nitrogens with one attached hydrogen (secondary N) is 2. The van der Waals surface area contributed by atoms with Crippen LogP contribution in [0.2, 0.25) is 0 Å². The van der Waals surface area contributed by atoms with Gasteiger partial charge in [-0.3, -0.25) is 14.4 Å². The molecule has 0 aliphatic carbocycles. The SMILES string of the molecule is Cc1cc(C(=O)Nc2c(C)ccc(N)c2C(=O)c2cccc(C(C)(C)C#N)c2)nc(N2CCCCC2)n1.Cc1ccc(NC(=O)c2cccc(C(C)(C)C#N)c2)cc1N. The highest BCUT2D eigenvalue weighted by molar-refractivity contribution is 6.18. The number of benzene rings is 4. The molecule has 0 saturated carbocycles. The second kappa shape index (κ2) is 18.0. The Morgan fingerprint density at radius 3 is 1.88 bits per heavy atom. The predicted octanol–water partition coefficient (Wildman–Crippen LogP) is 8.58. The molecule has 302 valence electrons. The highest BCUT2D eigenvalue weighted by Gasteiger charge is 2.26. The molecule has 6 rings (SSSR count). The summed E-state index contributed by atoms with van der Waals surface area (Å²) >= 11 is 0. The van der Waals surface area contributed by atoms with Gasteiger partial charge in [0.15, 0.2) is 5.78 Å². The molecule has 0 unspecified atom stereocenters. The van der Waals surface area contributed by atoms with Crippen LogP contribution < -0.4 is 27.0 Å². The Morgan fingerprint density at radius 1 is 0.678 bits per heavy atom. The maximum absolute atomic E-state index is 13.7. The number of nitrogens with zero attached hydrogens (tertiary/aromatic N) is 5. The lowest BCUT2D eigenvalue weighted by Crippen LogP contribution is -2.32. The van der Waals surface area contributed by atoms with Crippen LogP contribution in [0.4, 0.5) is 28.7 Å². The number of ketones is 1. The van der Waals surface area contributed by atoms with Gasteiger partial charge in [-0.1, -0.05) is 42.5 Å². The second-order valence-electron chi connectivity index (χ2n) is 15.9. The first kappa shape index (κ1) is 43.1. The van der Waals surface area contributed by atoms with Gasteiger partial charge in [-0.25, -0.2) is 9.97 Å². The second-order valence-corrected chi connectivity index (χ2v) is 15.9. The number of hydrogen-bond donors (Lipinski definition) is 4. The Bertz CT molecular complexity index is 2490. The van der Waals surface area contributed by atoms with Gasteiger partial charge in [0, 0.05) is 47.0 Å². The Hall–Kier alpha value is -7.05. The van der Waals surface area contributed by atoms with E-state index in [1.807, 2.05) is 58.9 Å². The lowest BCUT2D eigenvalue weighted by atomic mass is 9.84. The van der Waals surface area contributed by atoms with Crippen molar-refractivity contribution in [3.8, 4) is 12.1 Å². The van der Waals surface area contributed by atoms with Crippen molar-refractivity contribution in [3.63, 3.8) is 0 Å². The number of carbonyl (C=O) groups excluding carboxylic acids is 3. The van der Waals surface area contributed by atoms with E-state index in [1.165, 1.54) is 6.42 Å². The van der Waals surface area contributed by atoms with Gasteiger partial charge in [0.2, 0.25) is 5.95 Å². The van der Waals surface area contributed by atoms with Crippen LogP contribution in [-0.4, -0.2) is 40.7 Å². The first-order valence-electron chi connectivity index (χ1n) is 19.5. The number of nitrogens with two attached hydrogens (primary N) is 2. The molecule has 0 radical (unpaired) electrons. The Morgan fingerprint density at radius 2 is 1.27 bits per heavy atom. The van der Waals surface area contributed by atoms with Crippen molar-refractivity contribution in [2.24, 2.45) is 0 Å². The fourth-order valence-corrected chi connectivity index (χ4v) is 6.50. The summed E-state index contributed by atoms with van der Waals surface area (Å²) in [6.45, 7) is 14.5. The van der Waals surface area contributed by atoms with E-state index in [0.717, 1.165) is 42.6 Å². The van der Waals surface area contributed by atoms with Crippen LogP contribution in [0.25, 0.3) is 0 Å². The molecule has 12 heteroatoms. The van der Waals surface area contributed by atoms with Crippen molar-refractivity contribution < 1.29 is 14.4 Å². The molecule has 0 atom stereocenters. The molecular formula is C47H51N9O3. The molecule has 2 heterocycles. The number of aromatic nitrogens is 2. The van der Waals surface area contributed by atoms with Gasteiger partial charge in [0.05, 0.1) is 34.2 Å². The van der Waals surface area contributed by atoms with Crippen LogP contribution in [0.1, 0.15) is 112 Å². The van der Waals surface area contributed by atoms with Gasteiger partial charge in [-0.15, -0.1) is 0 Å². The number of aryl methyl sites for hydroxylation is 3. The van der Waals surface area contributed by atoms with Gasteiger partial charge in [-0.05, 0) is 132 Å². The molecule has 2 amide bonds. The minimum atomic E-state index is -0.761. The van der Waals surface area contributed by atoms with Crippen LogP contribution in [0.3, 0.4) is 0 Å². The standard InChI is InChI=1S/C29H32N6O2.C18H19N3O/c1-18-11-12-22(31)24(26(36)20-9-8-10-21(16-20)29(3,4)17-30)25(18)34-27(37)23-15-19(2)32-28(33-23)35-13-6-5-7-14-35;1-12-7-8-15(10-16(12)20)21-17(22)13-5-4-6-14(9-13)18(2,3)11-19/h8-12,15-16H,5-7,13-14,31H2,1-4H3,(H,34,37);4-10H,20H2,1-3H3,(H,21,22). The van der Waals surface area contributed by atoms with Gasteiger partial charge in [-0.2, -0.15) is 10.5 Å². The number of carbonyl (C=O) groups is 3. The van der Waals surface area contributed by atoms with Gasteiger partial charge in [0.25, 0.3) is 11.8 Å².